The summed E-state index contributed by atoms with van der Waals surface area (Å²) < 4.78 is 5.35. The molecule has 3 heterocycles. The first-order chi connectivity index (χ1) is 11.1. The van der Waals surface area contributed by atoms with Crippen molar-refractivity contribution in [1.82, 2.24) is 14.8 Å². The highest BCUT2D eigenvalue weighted by Crippen LogP contribution is 2.23. The van der Waals surface area contributed by atoms with Gasteiger partial charge in [-0.1, -0.05) is 13.8 Å². The van der Waals surface area contributed by atoms with Crippen LogP contribution in [0.25, 0.3) is 0 Å². The van der Waals surface area contributed by atoms with Gasteiger partial charge in [0, 0.05) is 37.5 Å². The molecule has 1 aromatic heterocycles. The molecule has 0 bridgehead atoms. The zero-order valence-electron chi connectivity index (χ0n) is 14.2. The molecule has 3 rings (SSSR count). The Kier molecular flexibility index (Phi) is 5.67. The average Bonchev–Trinajstić information content (AvgIpc) is 3.04. The smallest absolute Gasteiger partial charge is 0.227 e. The molecule has 0 N–H and O–H groups in total. The molecule has 1 atom stereocenters. The van der Waals surface area contributed by atoms with Crippen molar-refractivity contribution in [3.05, 3.63) is 16.1 Å². The van der Waals surface area contributed by atoms with Crippen molar-refractivity contribution in [2.75, 3.05) is 39.4 Å². The average molecular weight is 337 g/mol. The molecule has 0 radical (unpaired) electrons. The first kappa shape index (κ1) is 16.9. The van der Waals surface area contributed by atoms with Gasteiger partial charge in [-0.05, 0) is 19.4 Å². The van der Waals surface area contributed by atoms with Crippen LogP contribution in [0.15, 0.2) is 5.38 Å². The van der Waals surface area contributed by atoms with Crippen molar-refractivity contribution in [2.45, 2.75) is 39.2 Å². The second-order valence-corrected chi connectivity index (χ2v) is 7.73. The van der Waals surface area contributed by atoms with Crippen LogP contribution in [-0.4, -0.2) is 60.1 Å². The summed E-state index contributed by atoms with van der Waals surface area (Å²) in [4.78, 5) is 21.8. The Bertz CT molecular complexity index is 526. The van der Waals surface area contributed by atoms with Crippen molar-refractivity contribution >= 4 is 17.2 Å². The Balaban J connectivity index is 1.55. The quantitative estimate of drug-likeness (QED) is 0.846. The number of rotatable bonds is 4. The van der Waals surface area contributed by atoms with Gasteiger partial charge in [0.1, 0.15) is 0 Å². The molecule has 128 valence electrons. The van der Waals surface area contributed by atoms with E-state index in [2.05, 4.69) is 24.1 Å². The number of carbonyl (C=O) groups excluding carboxylic acids is 1. The molecule has 6 heteroatoms. The van der Waals surface area contributed by atoms with Crippen LogP contribution >= 0.6 is 11.3 Å². The van der Waals surface area contributed by atoms with E-state index in [1.807, 2.05) is 4.90 Å². The van der Waals surface area contributed by atoms with Gasteiger partial charge in [0.15, 0.2) is 0 Å². The number of morpholine rings is 1. The number of amides is 1. The monoisotopic (exact) mass is 337 g/mol. The number of likely N-dealkylation sites (tertiary alicyclic amines) is 1. The molecule has 2 fully saturated rings. The fourth-order valence-corrected chi connectivity index (χ4v) is 4.16. The highest BCUT2D eigenvalue weighted by Gasteiger charge is 2.30. The van der Waals surface area contributed by atoms with Gasteiger partial charge in [-0.15, -0.1) is 11.3 Å². The van der Waals surface area contributed by atoms with Crippen LogP contribution in [0.4, 0.5) is 0 Å². The summed E-state index contributed by atoms with van der Waals surface area (Å²) >= 11 is 1.75. The zero-order valence-corrected chi connectivity index (χ0v) is 15.0. The second kappa shape index (κ2) is 7.73. The normalized spacial score (nSPS) is 23.4. The van der Waals surface area contributed by atoms with Crippen molar-refractivity contribution in [2.24, 2.45) is 5.92 Å². The van der Waals surface area contributed by atoms with Gasteiger partial charge >= 0.3 is 0 Å². The lowest BCUT2D eigenvalue weighted by Crippen LogP contribution is -2.48. The number of aromatic nitrogens is 1. The van der Waals surface area contributed by atoms with Crippen LogP contribution in [-0.2, 0) is 16.1 Å². The van der Waals surface area contributed by atoms with E-state index in [4.69, 9.17) is 9.72 Å². The minimum absolute atomic E-state index is 0.144. The molecule has 0 saturated carbocycles. The summed E-state index contributed by atoms with van der Waals surface area (Å²) in [6, 6.07) is 0. The minimum atomic E-state index is 0.144. The number of hydrogen-bond donors (Lipinski definition) is 0. The Morgan fingerprint density at radius 2 is 2.17 bits per heavy atom. The highest BCUT2D eigenvalue weighted by atomic mass is 32.1. The third-order valence-corrected chi connectivity index (χ3v) is 5.82. The van der Waals surface area contributed by atoms with Crippen molar-refractivity contribution in [1.29, 1.82) is 0 Å². The summed E-state index contributed by atoms with van der Waals surface area (Å²) in [5, 5.41) is 3.38. The number of carbonyl (C=O) groups is 1. The maximum atomic E-state index is 12.7. The Morgan fingerprint density at radius 1 is 1.39 bits per heavy atom. The summed E-state index contributed by atoms with van der Waals surface area (Å²) in [7, 11) is 0. The molecule has 2 aliphatic rings. The van der Waals surface area contributed by atoms with E-state index in [0.29, 0.717) is 25.0 Å². The maximum absolute atomic E-state index is 12.7. The number of piperidine rings is 1. The summed E-state index contributed by atoms with van der Waals surface area (Å²) in [6.07, 6.45) is 2.11. The first-order valence-electron chi connectivity index (χ1n) is 8.66. The predicted molar refractivity (Wildman–Crippen MR) is 91.6 cm³/mol. The Morgan fingerprint density at radius 3 is 2.87 bits per heavy atom. The zero-order chi connectivity index (χ0) is 16.2. The molecule has 0 aromatic carbocycles. The van der Waals surface area contributed by atoms with Crippen LogP contribution in [0.5, 0.6) is 0 Å². The van der Waals surface area contributed by atoms with E-state index >= 15 is 0 Å². The van der Waals surface area contributed by atoms with Crippen LogP contribution in [0, 0.1) is 5.92 Å². The van der Waals surface area contributed by atoms with Crippen LogP contribution < -0.4 is 0 Å². The van der Waals surface area contributed by atoms with E-state index in [1.165, 1.54) is 5.01 Å². The lowest BCUT2D eigenvalue weighted by Gasteiger charge is -2.36. The van der Waals surface area contributed by atoms with Gasteiger partial charge in [-0.3, -0.25) is 9.69 Å². The third kappa shape index (κ3) is 4.31. The number of ether oxygens (including phenoxy) is 1. The second-order valence-electron chi connectivity index (χ2n) is 6.84. The highest BCUT2D eigenvalue weighted by molar-refractivity contribution is 7.09. The summed E-state index contributed by atoms with van der Waals surface area (Å²) in [6.45, 7) is 10.0. The standard InChI is InChI=1S/C17H27N3O2S/c1-13(2)16-18-15(12-23-16)11-19-5-3-4-14(10-19)17(21)20-6-8-22-9-7-20/h12-14H,3-11H2,1-2H3/t14-/m0/s1. The molecule has 2 aliphatic heterocycles. The molecule has 23 heavy (non-hydrogen) atoms. The SMILES string of the molecule is CC(C)c1nc(CN2CCC[C@H](C(=O)N3CCOCC3)C2)cs1. The fourth-order valence-electron chi connectivity index (χ4n) is 3.33. The minimum Gasteiger partial charge on any atom is -0.378 e. The largest absolute Gasteiger partial charge is 0.378 e. The van der Waals surface area contributed by atoms with Crippen LogP contribution in [0.1, 0.15) is 43.3 Å². The van der Waals surface area contributed by atoms with E-state index in [9.17, 15) is 4.79 Å². The Labute approximate surface area is 142 Å². The van der Waals surface area contributed by atoms with E-state index in [-0.39, 0.29) is 5.92 Å². The summed E-state index contributed by atoms with van der Waals surface area (Å²) in [5.74, 6) is 0.954. The van der Waals surface area contributed by atoms with Crippen molar-refractivity contribution in [3.63, 3.8) is 0 Å². The lowest BCUT2D eigenvalue weighted by atomic mass is 9.96. The van der Waals surface area contributed by atoms with Gasteiger partial charge in [0.2, 0.25) is 5.91 Å². The van der Waals surface area contributed by atoms with Gasteiger partial charge < -0.3 is 9.64 Å². The molecular weight excluding hydrogens is 310 g/mol. The van der Waals surface area contributed by atoms with Crippen LogP contribution in [0.2, 0.25) is 0 Å². The fraction of sp³-hybridized carbons (Fsp3) is 0.765. The molecule has 2 saturated heterocycles. The third-order valence-electron chi connectivity index (χ3n) is 4.63. The Hall–Kier alpha value is -0.980. The van der Waals surface area contributed by atoms with E-state index < -0.39 is 0 Å². The predicted octanol–water partition coefficient (Wildman–Crippen LogP) is 2.34. The topological polar surface area (TPSA) is 45.7 Å². The summed E-state index contributed by atoms with van der Waals surface area (Å²) in [5.41, 5.74) is 1.15. The lowest BCUT2D eigenvalue weighted by molar-refractivity contribution is -0.141. The van der Waals surface area contributed by atoms with E-state index in [0.717, 1.165) is 51.3 Å². The molecule has 5 nitrogen and oxygen atoms in total. The molecule has 1 amide bonds. The van der Waals surface area contributed by atoms with Crippen molar-refractivity contribution < 1.29 is 9.53 Å². The molecule has 0 spiro atoms. The number of nitrogens with zero attached hydrogens (tertiary/aromatic N) is 3. The van der Waals surface area contributed by atoms with Crippen molar-refractivity contribution in [3.8, 4) is 0 Å². The maximum Gasteiger partial charge on any atom is 0.227 e. The molecule has 0 unspecified atom stereocenters. The number of hydrogen-bond acceptors (Lipinski definition) is 5. The first-order valence-corrected chi connectivity index (χ1v) is 9.54. The van der Waals surface area contributed by atoms with E-state index in [1.54, 1.807) is 11.3 Å². The van der Waals surface area contributed by atoms with Gasteiger partial charge in [-0.25, -0.2) is 4.98 Å². The van der Waals surface area contributed by atoms with Gasteiger partial charge in [0.05, 0.1) is 29.8 Å². The van der Waals surface area contributed by atoms with Gasteiger partial charge in [-0.2, -0.15) is 0 Å². The number of thiazole rings is 1. The van der Waals surface area contributed by atoms with Gasteiger partial charge in [0.25, 0.3) is 0 Å². The molecular formula is C17H27N3O2S. The molecule has 0 aliphatic carbocycles. The molecule has 1 aromatic rings. The van der Waals surface area contributed by atoms with Crippen LogP contribution in [0.3, 0.4) is 0 Å².